The molecule has 0 aliphatic carbocycles. The maximum absolute atomic E-state index is 12.2. The second-order valence-electron chi connectivity index (χ2n) is 4.40. The molecule has 0 atom stereocenters. The Kier molecular flexibility index (Phi) is 6.41. The van der Waals surface area contributed by atoms with E-state index < -0.39 is 31.3 Å². The van der Waals surface area contributed by atoms with Gasteiger partial charge in [0.15, 0.2) is 0 Å². The van der Waals surface area contributed by atoms with E-state index in [-0.39, 0.29) is 5.56 Å². The zero-order valence-corrected chi connectivity index (χ0v) is 13.3. The fourth-order valence-electron chi connectivity index (χ4n) is 1.58. The molecule has 0 unspecified atom stereocenters. The van der Waals surface area contributed by atoms with E-state index in [2.05, 4.69) is 21.2 Å². The molecule has 0 bridgehead atoms. The van der Waals surface area contributed by atoms with Crippen molar-refractivity contribution in [1.82, 2.24) is 5.32 Å². The maximum Gasteiger partial charge on any atom is 0.252 e. The Hall–Kier alpha value is -1.35. The molecule has 0 saturated heterocycles. The summed E-state index contributed by atoms with van der Waals surface area (Å²) in [6.07, 6.45) is 0. The Balaban J connectivity index is 3.13. The van der Waals surface area contributed by atoms with Crippen molar-refractivity contribution in [2.75, 3.05) is 34.0 Å². The van der Waals surface area contributed by atoms with Gasteiger partial charge in [0.2, 0.25) is 0 Å². The predicted octanol–water partition coefficient (Wildman–Crippen LogP) is -0.0882. The highest BCUT2D eigenvalue weighted by molar-refractivity contribution is 9.10. The zero-order chi connectivity index (χ0) is 16.0. The highest BCUT2D eigenvalue weighted by Gasteiger charge is 2.30. The first kappa shape index (κ1) is 17.7. The summed E-state index contributed by atoms with van der Waals surface area (Å²) in [6, 6.07) is 2.94. The summed E-state index contributed by atoms with van der Waals surface area (Å²) in [7, 11) is 2.89. The minimum atomic E-state index is -1.50. The van der Waals surface area contributed by atoms with Gasteiger partial charge in [0.25, 0.3) is 5.91 Å². The van der Waals surface area contributed by atoms with Crippen molar-refractivity contribution in [3.05, 3.63) is 22.2 Å². The van der Waals surface area contributed by atoms with Crippen LogP contribution < -0.4 is 14.8 Å². The number of hydrogen-bond donors (Lipinski definition) is 4. The first-order valence-corrected chi connectivity index (χ1v) is 6.82. The van der Waals surface area contributed by atoms with Gasteiger partial charge in [-0.15, -0.1) is 0 Å². The molecule has 0 radical (unpaired) electrons. The number of aliphatic hydroxyl groups excluding tert-OH is 3. The Bertz CT molecular complexity index is 470. The van der Waals surface area contributed by atoms with Gasteiger partial charge in [-0.05, 0) is 28.1 Å². The van der Waals surface area contributed by atoms with Crippen LogP contribution in [-0.2, 0) is 0 Å². The van der Waals surface area contributed by atoms with Crippen LogP contribution in [0.25, 0.3) is 0 Å². The molecule has 118 valence electrons. The van der Waals surface area contributed by atoms with E-state index in [0.29, 0.717) is 16.0 Å². The van der Waals surface area contributed by atoms with E-state index >= 15 is 0 Å². The molecule has 0 aliphatic heterocycles. The van der Waals surface area contributed by atoms with Gasteiger partial charge in [-0.3, -0.25) is 4.79 Å². The molecule has 4 N–H and O–H groups in total. The first-order chi connectivity index (χ1) is 9.96. The second-order valence-corrected chi connectivity index (χ2v) is 5.20. The van der Waals surface area contributed by atoms with E-state index in [0.717, 1.165) is 0 Å². The standard InChI is InChI=1S/C13H18BrNO6/c1-20-9-3-8(4-10(21-2)11(9)14)12(19)15-13(5-16,6-17)7-18/h3-4,16-18H,5-7H2,1-2H3,(H,15,19). The molecule has 0 saturated carbocycles. The average molecular weight is 364 g/mol. The normalized spacial score (nSPS) is 11.1. The Morgan fingerprint density at radius 3 is 1.90 bits per heavy atom. The molecular weight excluding hydrogens is 346 g/mol. The largest absolute Gasteiger partial charge is 0.495 e. The number of carbonyl (C=O) groups excluding carboxylic acids is 1. The molecule has 0 fully saturated rings. The molecular formula is C13H18BrNO6. The van der Waals surface area contributed by atoms with E-state index in [9.17, 15) is 20.1 Å². The molecule has 0 aromatic heterocycles. The van der Waals surface area contributed by atoms with Gasteiger partial charge in [0.1, 0.15) is 21.5 Å². The number of amides is 1. The number of aliphatic hydroxyl groups is 3. The molecule has 0 spiro atoms. The molecule has 1 amide bonds. The highest BCUT2D eigenvalue weighted by atomic mass is 79.9. The number of halogens is 1. The molecule has 0 aliphatic rings. The van der Waals surface area contributed by atoms with E-state index in [1.807, 2.05) is 0 Å². The quantitative estimate of drug-likeness (QED) is 0.539. The van der Waals surface area contributed by atoms with Crippen LogP contribution in [0.1, 0.15) is 10.4 Å². The summed E-state index contributed by atoms with van der Waals surface area (Å²) in [5.74, 6) is 0.195. The third-order valence-electron chi connectivity index (χ3n) is 2.99. The minimum Gasteiger partial charge on any atom is -0.495 e. The Morgan fingerprint density at radius 1 is 1.14 bits per heavy atom. The van der Waals surface area contributed by atoms with Crippen molar-refractivity contribution >= 4 is 21.8 Å². The van der Waals surface area contributed by atoms with Crippen LogP contribution in [0.15, 0.2) is 16.6 Å². The van der Waals surface area contributed by atoms with Crippen molar-refractivity contribution in [2.45, 2.75) is 5.54 Å². The van der Waals surface area contributed by atoms with Crippen LogP contribution in [0, 0.1) is 0 Å². The number of ether oxygens (including phenoxy) is 2. The molecule has 7 nitrogen and oxygen atoms in total. The average Bonchev–Trinajstić information content (AvgIpc) is 2.52. The number of benzene rings is 1. The van der Waals surface area contributed by atoms with Gasteiger partial charge in [-0.2, -0.15) is 0 Å². The number of hydrogen-bond acceptors (Lipinski definition) is 6. The van der Waals surface area contributed by atoms with Crippen molar-refractivity contribution in [2.24, 2.45) is 0 Å². The predicted molar refractivity (Wildman–Crippen MR) is 78.7 cm³/mol. The van der Waals surface area contributed by atoms with Gasteiger partial charge >= 0.3 is 0 Å². The third kappa shape index (κ3) is 3.85. The van der Waals surface area contributed by atoms with Crippen LogP contribution in [0.4, 0.5) is 0 Å². The number of carbonyl (C=O) groups is 1. The number of methoxy groups -OCH3 is 2. The van der Waals surface area contributed by atoms with Gasteiger partial charge in [-0.25, -0.2) is 0 Å². The van der Waals surface area contributed by atoms with Gasteiger partial charge in [-0.1, -0.05) is 0 Å². The second kappa shape index (κ2) is 7.60. The fraction of sp³-hybridized carbons (Fsp3) is 0.462. The summed E-state index contributed by atoms with van der Waals surface area (Å²) in [4.78, 5) is 12.2. The van der Waals surface area contributed by atoms with Crippen LogP contribution in [-0.4, -0.2) is 60.8 Å². The third-order valence-corrected chi connectivity index (χ3v) is 3.78. The molecule has 0 heterocycles. The van der Waals surface area contributed by atoms with Crippen molar-refractivity contribution in [3.8, 4) is 11.5 Å². The number of rotatable bonds is 7. The summed E-state index contributed by atoms with van der Waals surface area (Å²) in [5, 5.41) is 30.1. The van der Waals surface area contributed by atoms with Crippen molar-refractivity contribution in [3.63, 3.8) is 0 Å². The molecule has 1 aromatic rings. The number of nitrogens with one attached hydrogen (secondary N) is 1. The Labute approximate surface area is 130 Å². The van der Waals surface area contributed by atoms with Crippen LogP contribution in [0.2, 0.25) is 0 Å². The van der Waals surface area contributed by atoms with E-state index in [1.54, 1.807) is 0 Å². The summed E-state index contributed by atoms with van der Waals surface area (Å²) in [5.41, 5.74) is -1.29. The zero-order valence-electron chi connectivity index (χ0n) is 11.7. The highest BCUT2D eigenvalue weighted by Crippen LogP contribution is 2.35. The first-order valence-electron chi connectivity index (χ1n) is 6.03. The summed E-state index contributed by atoms with van der Waals surface area (Å²) >= 11 is 3.29. The lowest BCUT2D eigenvalue weighted by Gasteiger charge is -2.28. The lowest BCUT2D eigenvalue weighted by Crippen LogP contribution is -2.57. The van der Waals surface area contributed by atoms with Gasteiger partial charge < -0.3 is 30.1 Å². The van der Waals surface area contributed by atoms with Crippen molar-refractivity contribution in [1.29, 1.82) is 0 Å². The van der Waals surface area contributed by atoms with Crippen molar-refractivity contribution < 1.29 is 29.6 Å². The lowest BCUT2D eigenvalue weighted by molar-refractivity contribution is 0.0375. The minimum absolute atomic E-state index is 0.201. The monoisotopic (exact) mass is 363 g/mol. The molecule has 21 heavy (non-hydrogen) atoms. The van der Waals surface area contributed by atoms with Crippen LogP contribution in [0.5, 0.6) is 11.5 Å². The maximum atomic E-state index is 12.2. The topological polar surface area (TPSA) is 108 Å². The smallest absolute Gasteiger partial charge is 0.252 e. The van der Waals surface area contributed by atoms with Gasteiger partial charge in [0.05, 0.1) is 34.0 Å². The summed E-state index contributed by atoms with van der Waals surface area (Å²) < 4.78 is 10.8. The van der Waals surface area contributed by atoms with Crippen LogP contribution >= 0.6 is 15.9 Å². The lowest BCUT2D eigenvalue weighted by atomic mass is 10.0. The van der Waals surface area contributed by atoms with E-state index in [4.69, 9.17) is 9.47 Å². The SMILES string of the molecule is COc1cc(C(=O)NC(CO)(CO)CO)cc(OC)c1Br. The fourth-order valence-corrected chi connectivity index (χ4v) is 2.13. The van der Waals surface area contributed by atoms with Crippen LogP contribution in [0.3, 0.4) is 0 Å². The molecule has 1 rings (SSSR count). The Morgan fingerprint density at radius 2 is 1.57 bits per heavy atom. The molecule has 1 aromatic carbocycles. The van der Waals surface area contributed by atoms with Gasteiger partial charge in [0, 0.05) is 5.56 Å². The van der Waals surface area contributed by atoms with E-state index in [1.165, 1.54) is 26.4 Å². The summed E-state index contributed by atoms with van der Waals surface area (Å²) in [6.45, 7) is -1.80. The molecule has 8 heteroatoms.